The molecule has 1 N–H and O–H groups in total. The second-order valence-corrected chi connectivity index (χ2v) is 6.13. The van der Waals surface area contributed by atoms with Gasteiger partial charge in [0.1, 0.15) is 0 Å². The molecule has 2 aromatic carbocycles. The summed E-state index contributed by atoms with van der Waals surface area (Å²) in [6.07, 6.45) is 1.84. The van der Waals surface area contributed by atoms with Gasteiger partial charge in [-0.1, -0.05) is 34.1 Å². The lowest BCUT2D eigenvalue weighted by Gasteiger charge is -2.11. The van der Waals surface area contributed by atoms with Crippen molar-refractivity contribution in [3.8, 4) is 11.5 Å². The van der Waals surface area contributed by atoms with Gasteiger partial charge in [-0.05, 0) is 42.8 Å². The minimum absolute atomic E-state index is 0.0101. The van der Waals surface area contributed by atoms with Gasteiger partial charge in [-0.25, -0.2) is 4.79 Å². The van der Waals surface area contributed by atoms with E-state index < -0.39 is 12.1 Å². The lowest BCUT2D eigenvalue weighted by Crippen LogP contribution is -2.23. The van der Waals surface area contributed by atoms with Crippen molar-refractivity contribution in [1.29, 1.82) is 0 Å². The van der Waals surface area contributed by atoms with Crippen molar-refractivity contribution in [2.24, 2.45) is 0 Å². The van der Waals surface area contributed by atoms with Crippen LogP contribution in [-0.4, -0.2) is 30.1 Å². The van der Waals surface area contributed by atoms with Crippen LogP contribution in [0.3, 0.4) is 0 Å². The Hall–Kier alpha value is -2.60. The maximum Gasteiger partial charge on any atom is 0.331 e. The van der Waals surface area contributed by atoms with Crippen LogP contribution in [0.15, 0.2) is 53.0 Å². The van der Waals surface area contributed by atoms with Gasteiger partial charge < -0.3 is 14.6 Å². The number of esters is 1. The number of hydrogen-bond donors (Lipinski definition) is 1. The zero-order valence-corrected chi connectivity index (χ0v) is 15.3. The fourth-order valence-corrected chi connectivity index (χ4v) is 2.34. The second kappa shape index (κ2) is 8.48. The number of phenols is 1. The van der Waals surface area contributed by atoms with Crippen LogP contribution >= 0.6 is 15.9 Å². The molecule has 0 bridgehead atoms. The van der Waals surface area contributed by atoms with Crippen LogP contribution in [0.1, 0.15) is 22.8 Å². The van der Waals surface area contributed by atoms with E-state index in [0.29, 0.717) is 16.9 Å². The Morgan fingerprint density at radius 2 is 1.84 bits per heavy atom. The number of hydrogen-bond acceptors (Lipinski definition) is 5. The predicted octanol–water partition coefficient (Wildman–Crippen LogP) is 3.99. The number of benzene rings is 2. The molecule has 5 nitrogen and oxygen atoms in total. The van der Waals surface area contributed by atoms with Crippen molar-refractivity contribution in [3.63, 3.8) is 0 Å². The Bertz CT molecular complexity index is 796. The molecule has 0 heterocycles. The number of methoxy groups -OCH3 is 1. The Kier molecular flexibility index (Phi) is 6.36. The summed E-state index contributed by atoms with van der Waals surface area (Å²) in [6.45, 7) is 1.53. The minimum atomic E-state index is -0.896. The molecule has 0 amide bonds. The van der Waals surface area contributed by atoms with Gasteiger partial charge in [-0.15, -0.1) is 0 Å². The van der Waals surface area contributed by atoms with Crippen LogP contribution in [0.5, 0.6) is 11.5 Å². The topological polar surface area (TPSA) is 72.8 Å². The first kappa shape index (κ1) is 18.7. The highest BCUT2D eigenvalue weighted by molar-refractivity contribution is 9.10. The first-order valence-corrected chi connectivity index (χ1v) is 8.25. The number of carbonyl (C=O) groups is 2. The number of ketones is 1. The molecule has 0 saturated heterocycles. The molecule has 1 atom stereocenters. The number of ether oxygens (including phenoxy) is 2. The molecule has 0 radical (unpaired) electrons. The van der Waals surface area contributed by atoms with Crippen molar-refractivity contribution < 1.29 is 24.2 Å². The molecule has 0 aliphatic rings. The molecule has 130 valence electrons. The average molecular weight is 405 g/mol. The second-order valence-electron chi connectivity index (χ2n) is 5.21. The summed E-state index contributed by atoms with van der Waals surface area (Å²) >= 11 is 3.30. The van der Waals surface area contributed by atoms with Crippen molar-refractivity contribution in [3.05, 3.63) is 64.1 Å². The Balaban J connectivity index is 1.99. The summed E-state index contributed by atoms with van der Waals surface area (Å²) in [4.78, 5) is 24.1. The first-order valence-electron chi connectivity index (χ1n) is 7.46. The van der Waals surface area contributed by atoms with Gasteiger partial charge in [-0.2, -0.15) is 0 Å². The van der Waals surface area contributed by atoms with Gasteiger partial charge >= 0.3 is 5.97 Å². The molecule has 2 aromatic rings. The molecule has 6 heteroatoms. The lowest BCUT2D eigenvalue weighted by molar-refractivity contribution is -0.140. The SMILES string of the molecule is COc1cc(/C=C/C(=O)O[C@@H](C)C(=O)c2ccc(Br)cc2)ccc1O. The standard InChI is InChI=1S/C19H17BrO5/c1-12(19(23)14-5-7-15(20)8-6-14)25-18(22)10-4-13-3-9-16(21)17(11-13)24-2/h3-12,21H,1-2H3/b10-4+/t12-/m0/s1. The number of Topliss-reactive ketones (excluding diaryl/α,β-unsaturated/α-hetero) is 1. The van der Waals surface area contributed by atoms with Crippen LogP contribution < -0.4 is 4.74 Å². The molecule has 0 fully saturated rings. The number of aromatic hydroxyl groups is 1. The van der Waals surface area contributed by atoms with Crippen molar-refractivity contribution in [2.45, 2.75) is 13.0 Å². The maximum atomic E-state index is 12.2. The van der Waals surface area contributed by atoms with Crippen LogP contribution in [0.2, 0.25) is 0 Å². The van der Waals surface area contributed by atoms with Gasteiger partial charge in [0, 0.05) is 16.1 Å². The zero-order valence-electron chi connectivity index (χ0n) is 13.7. The Morgan fingerprint density at radius 1 is 1.16 bits per heavy atom. The molecule has 0 aromatic heterocycles. The smallest absolute Gasteiger partial charge is 0.331 e. The average Bonchev–Trinajstić information content (AvgIpc) is 2.61. The van der Waals surface area contributed by atoms with E-state index in [2.05, 4.69) is 15.9 Å². The van der Waals surface area contributed by atoms with E-state index in [0.717, 1.165) is 4.47 Å². The molecular weight excluding hydrogens is 388 g/mol. The summed E-state index contributed by atoms with van der Waals surface area (Å²) in [5.74, 6) is -0.601. The highest BCUT2D eigenvalue weighted by Crippen LogP contribution is 2.26. The molecule has 25 heavy (non-hydrogen) atoms. The van der Waals surface area contributed by atoms with Gasteiger partial charge in [0.05, 0.1) is 7.11 Å². The Morgan fingerprint density at radius 3 is 2.48 bits per heavy atom. The van der Waals surface area contributed by atoms with E-state index in [4.69, 9.17) is 9.47 Å². The minimum Gasteiger partial charge on any atom is -0.504 e. The van der Waals surface area contributed by atoms with Crippen LogP contribution in [0, 0.1) is 0 Å². The summed E-state index contributed by atoms with van der Waals surface area (Å²) in [6, 6.07) is 11.5. The first-order chi connectivity index (χ1) is 11.9. The van der Waals surface area contributed by atoms with E-state index in [1.165, 1.54) is 32.3 Å². The van der Waals surface area contributed by atoms with E-state index in [9.17, 15) is 14.7 Å². The molecule has 0 aliphatic carbocycles. The lowest BCUT2D eigenvalue weighted by atomic mass is 10.1. The molecule has 0 saturated carbocycles. The van der Waals surface area contributed by atoms with E-state index in [-0.39, 0.29) is 11.5 Å². The Labute approximate surface area is 154 Å². The van der Waals surface area contributed by atoms with Gasteiger partial charge in [0.25, 0.3) is 0 Å². The van der Waals surface area contributed by atoms with Crippen molar-refractivity contribution in [2.75, 3.05) is 7.11 Å². The van der Waals surface area contributed by atoms with Gasteiger partial charge in [0.15, 0.2) is 17.6 Å². The predicted molar refractivity (Wildman–Crippen MR) is 97.7 cm³/mol. The molecule has 0 spiro atoms. The van der Waals surface area contributed by atoms with E-state index in [1.807, 2.05) is 0 Å². The third-order valence-electron chi connectivity index (χ3n) is 3.41. The fourth-order valence-electron chi connectivity index (χ4n) is 2.08. The van der Waals surface area contributed by atoms with Crippen LogP contribution in [0.4, 0.5) is 0 Å². The van der Waals surface area contributed by atoms with Gasteiger partial charge in [-0.3, -0.25) is 4.79 Å². The number of phenolic OH excluding ortho intramolecular Hbond substituents is 1. The summed E-state index contributed by atoms with van der Waals surface area (Å²) in [5, 5.41) is 9.54. The third-order valence-corrected chi connectivity index (χ3v) is 3.94. The summed E-state index contributed by atoms with van der Waals surface area (Å²) in [7, 11) is 1.44. The molecule has 0 unspecified atom stereocenters. The molecule has 2 rings (SSSR count). The number of halogens is 1. The van der Waals surface area contributed by atoms with Gasteiger partial charge in [0.2, 0.25) is 5.78 Å². The number of rotatable bonds is 6. The zero-order chi connectivity index (χ0) is 18.4. The quantitative estimate of drug-likeness (QED) is 0.447. The maximum absolute atomic E-state index is 12.2. The largest absolute Gasteiger partial charge is 0.504 e. The third kappa shape index (κ3) is 5.19. The summed E-state index contributed by atoms with van der Waals surface area (Å²) < 4.78 is 11.0. The normalized spacial score (nSPS) is 12.0. The highest BCUT2D eigenvalue weighted by atomic mass is 79.9. The monoisotopic (exact) mass is 404 g/mol. The number of carbonyl (C=O) groups excluding carboxylic acids is 2. The fraction of sp³-hybridized carbons (Fsp3) is 0.158. The summed E-state index contributed by atoms with van der Waals surface area (Å²) in [5.41, 5.74) is 1.12. The van der Waals surface area contributed by atoms with Crippen molar-refractivity contribution in [1.82, 2.24) is 0 Å². The molecule has 0 aliphatic heterocycles. The molecular formula is C19H17BrO5. The van der Waals surface area contributed by atoms with E-state index >= 15 is 0 Å². The van der Waals surface area contributed by atoms with Crippen LogP contribution in [-0.2, 0) is 9.53 Å². The van der Waals surface area contributed by atoms with Crippen LogP contribution in [0.25, 0.3) is 6.08 Å². The van der Waals surface area contributed by atoms with E-state index in [1.54, 1.807) is 36.4 Å². The highest BCUT2D eigenvalue weighted by Gasteiger charge is 2.18. The van der Waals surface area contributed by atoms with Crippen molar-refractivity contribution >= 4 is 33.8 Å².